The predicted molar refractivity (Wildman–Crippen MR) is 103 cm³/mol. The number of hydrogen-bond donors (Lipinski definition) is 1. The van der Waals surface area contributed by atoms with Gasteiger partial charge in [0.15, 0.2) is 0 Å². The topological polar surface area (TPSA) is 37.8 Å². The van der Waals surface area contributed by atoms with Crippen LogP contribution in [0.3, 0.4) is 0 Å². The van der Waals surface area contributed by atoms with E-state index in [0.29, 0.717) is 15.6 Å². The lowest BCUT2D eigenvalue weighted by molar-refractivity contribution is 0.894. The zero-order valence-corrected chi connectivity index (χ0v) is 15.6. The Hall–Kier alpha value is -0.910. The predicted octanol–water partition coefficient (Wildman–Crippen LogP) is 4.96. The van der Waals surface area contributed by atoms with Gasteiger partial charge in [-0.3, -0.25) is 0 Å². The molecule has 23 heavy (non-hydrogen) atoms. The van der Waals surface area contributed by atoms with Crippen LogP contribution in [0.2, 0.25) is 5.02 Å². The summed E-state index contributed by atoms with van der Waals surface area (Å²) < 4.78 is 0.515. The summed E-state index contributed by atoms with van der Waals surface area (Å²) >= 11 is 10.3. The molecule has 1 saturated heterocycles. The summed E-state index contributed by atoms with van der Waals surface area (Å²) in [6.45, 7) is 4.18. The van der Waals surface area contributed by atoms with Crippen LogP contribution in [-0.2, 0) is 6.42 Å². The van der Waals surface area contributed by atoms with E-state index in [9.17, 15) is 0 Å². The lowest BCUT2D eigenvalue weighted by Crippen LogP contribution is -2.29. The number of aryl methyl sites for hydroxylation is 2. The molecule has 0 unspecified atom stereocenters. The molecule has 0 saturated carbocycles. The molecule has 6 heteroatoms. The highest BCUT2D eigenvalue weighted by molar-refractivity contribution is 8.17. The SMILES string of the molecule is CCc1ncnc(NC2CSC(c3ccc(C)cc3)SC2)c1Cl. The van der Waals surface area contributed by atoms with E-state index < -0.39 is 0 Å². The number of hydrogen-bond acceptors (Lipinski definition) is 5. The van der Waals surface area contributed by atoms with Crippen molar-refractivity contribution in [3.8, 4) is 0 Å². The van der Waals surface area contributed by atoms with E-state index in [4.69, 9.17) is 11.6 Å². The van der Waals surface area contributed by atoms with Gasteiger partial charge >= 0.3 is 0 Å². The first kappa shape index (κ1) is 16.9. The van der Waals surface area contributed by atoms with Crippen molar-refractivity contribution in [2.75, 3.05) is 16.8 Å². The third-order valence-corrected chi connectivity index (χ3v) is 7.34. The number of aromatic nitrogens is 2. The van der Waals surface area contributed by atoms with Crippen molar-refractivity contribution in [3.05, 3.63) is 52.4 Å². The molecule has 0 amide bonds. The third kappa shape index (κ3) is 4.14. The van der Waals surface area contributed by atoms with Gasteiger partial charge in [-0.2, -0.15) is 0 Å². The molecule has 122 valence electrons. The van der Waals surface area contributed by atoms with Crippen molar-refractivity contribution >= 4 is 40.9 Å². The summed E-state index contributed by atoms with van der Waals surface area (Å²) in [4.78, 5) is 8.51. The standard InChI is InChI=1S/C17H20ClN3S2/c1-3-14-15(18)16(20-10-19-14)21-13-8-22-17(23-9-13)12-6-4-11(2)5-7-12/h4-7,10,13,17H,3,8-9H2,1-2H3,(H,19,20,21). The normalized spacial score (nSPS) is 21.2. The Morgan fingerprint density at radius 2 is 1.87 bits per heavy atom. The molecule has 0 spiro atoms. The Kier molecular flexibility index (Phi) is 5.72. The summed E-state index contributed by atoms with van der Waals surface area (Å²) in [6, 6.07) is 9.23. The first-order chi connectivity index (χ1) is 11.2. The Balaban J connectivity index is 1.60. The van der Waals surface area contributed by atoms with E-state index in [2.05, 4.69) is 53.4 Å². The lowest BCUT2D eigenvalue weighted by Gasteiger charge is -2.29. The number of benzene rings is 1. The monoisotopic (exact) mass is 365 g/mol. The molecule has 1 aliphatic heterocycles. The molecule has 1 aliphatic rings. The number of anilines is 1. The van der Waals surface area contributed by atoms with E-state index >= 15 is 0 Å². The van der Waals surface area contributed by atoms with Crippen molar-refractivity contribution in [1.82, 2.24) is 9.97 Å². The molecule has 1 aromatic heterocycles. The largest absolute Gasteiger partial charge is 0.364 e. The maximum atomic E-state index is 6.37. The van der Waals surface area contributed by atoms with E-state index in [0.717, 1.165) is 29.4 Å². The molecule has 0 aliphatic carbocycles. The highest BCUT2D eigenvalue weighted by atomic mass is 35.5. The molecule has 1 N–H and O–H groups in total. The molecule has 1 aromatic carbocycles. The molecule has 0 radical (unpaired) electrons. The summed E-state index contributed by atoms with van der Waals surface area (Å²) in [6.07, 6.45) is 2.41. The molecule has 2 heterocycles. The third-order valence-electron chi connectivity index (χ3n) is 3.78. The minimum Gasteiger partial charge on any atom is -0.364 e. The van der Waals surface area contributed by atoms with Crippen LogP contribution in [-0.4, -0.2) is 27.5 Å². The minimum absolute atomic E-state index is 0.379. The van der Waals surface area contributed by atoms with Crippen LogP contribution in [0.4, 0.5) is 5.82 Å². The van der Waals surface area contributed by atoms with Crippen molar-refractivity contribution in [1.29, 1.82) is 0 Å². The molecular weight excluding hydrogens is 346 g/mol. The fraction of sp³-hybridized carbons (Fsp3) is 0.412. The average Bonchev–Trinajstić information content (AvgIpc) is 2.58. The van der Waals surface area contributed by atoms with Crippen molar-refractivity contribution in [3.63, 3.8) is 0 Å². The highest BCUT2D eigenvalue weighted by Gasteiger charge is 2.24. The lowest BCUT2D eigenvalue weighted by atomic mass is 10.2. The smallest absolute Gasteiger partial charge is 0.148 e. The fourth-order valence-corrected chi connectivity index (χ4v) is 5.66. The van der Waals surface area contributed by atoms with Gasteiger partial charge in [0, 0.05) is 17.5 Å². The van der Waals surface area contributed by atoms with Gasteiger partial charge in [0.1, 0.15) is 17.2 Å². The second-order valence-electron chi connectivity index (χ2n) is 5.59. The van der Waals surface area contributed by atoms with Gasteiger partial charge in [-0.25, -0.2) is 9.97 Å². The molecule has 1 fully saturated rings. The molecular formula is C17H20ClN3S2. The number of halogens is 1. The molecule has 3 nitrogen and oxygen atoms in total. The maximum Gasteiger partial charge on any atom is 0.148 e. The minimum atomic E-state index is 0.379. The Bertz CT molecular complexity index is 655. The van der Waals surface area contributed by atoms with E-state index in [-0.39, 0.29) is 0 Å². The quantitative estimate of drug-likeness (QED) is 0.828. The van der Waals surface area contributed by atoms with Crippen LogP contribution in [0, 0.1) is 6.92 Å². The number of nitrogens with one attached hydrogen (secondary N) is 1. The number of nitrogens with zero attached hydrogens (tertiary/aromatic N) is 2. The number of thioether (sulfide) groups is 2. The first-order valence-electron chi connectivity index (χ1n) is 7.73. The van der Waals surface area contributed by atoms with Crippen molar-refractivity contribution in [2.45, 2.75) is 30.9 Å². The summed E-state index contributed by atoms with van der Waals surface area (Å²) in [5.74, 6) is 2.86. The van der Waals surface area contributed by atoms with Gasteiger partial charge in [-0.05, 0) is 18.9 Å². The Labute approximate surface area is 151 Å². The van der Waals surface area contributed by atoms with Crippen LogP contribution in [0.5, 0.6) is 0 Å². The molecule has 0 atom stereocenters. The van der Waals surface area contributed by atoms with Crippen LogP contribution in [0.1, 0.15) is 28.3 Å². The van der Waals surface area contributed by atoms with Gasteiger partial charge in [0.2, 0.25) is 0 Å². The van der Waals surface area contributed by atoms with E-state index in [1.807, 2.05) is 23.5 Å². The van der Waals surface area contributed by atoms with Gasteiger partial charge in [-0.15, -0.1) is 23.5 Å². The summed E-state index contributed by atoms with van der Waals surface area (Å²) in [7, 11) is 0. The van der Waals surface area contributed by atoms with Crippen molar-refractivity contribution < 1.29 is 0 Å². The zero-order valence-electron chi connectivity index (χ0n) is 13.3. The second-order valence-corrected chi connectivity index (χ2v) is 8.54. The van der Waals surface area contributed by atoms with Crippen LogP contribution in [0.15, 0.2) is 30.6 Å². The second kappa shape index (κ2) is 7.77. The number of rotatable bonds is 4. The van der Waals surface area contributed by atoms with Gasteiger partial charge < -0.3 is 5.32 Å². The highest BCUT2D eigenvalue weighted by Crippen LogP contribution is 2.44. The average molecular weight is 366 g/mol. The maximum absolute atomic E-state index is 6.37. The van der Waals surface area contributed by atoms with Crippen LogP contribution in [0.25, 0.3) is 0 Å². The summed E-state index contributed by atoms with van der Waals surface area (Å²) in [5, 5.41) is 4.14. The van der Waals surface area contributed by atoms with E-state index in [1.165, 1.54) is 11.1 Å². The van der Waals surface area contributed by atoms with Gasteiger partial charge in [0.05, 0.1) is 10.3 Å². The Morgan fingerprint density at radius 3 is 2.52 bits per heavy atom. The van der Waals surface area contributed by atoms with Crippen molar-refractivity contribution in [2.24, 2.45) is 0 Å². The van der Waals surface area contributed by atoms with Crippen LogP contribution >= 0.6 is 35.1 Å². The first-order valence-corrected chi connectivity index (χ1v) is 10.2. The van der Waals surface area contributed by atoms with E-state index in [1.54, 1.807) is 6.33 Å². The zero-order chi connectivity index (χ0) is 16.2. The van der Waals surface area contributed by atoms with Crippen LogP contribution < -0.4 is 5.32 Å². The Morgan fingerprint density at radius 1 is 1.17 bits per heavy atom. The molecule has 2 aromatic rings. The molecule has 3 rings (SSSR count). The summed E-state index contributed by atoms with van der Waals surface area (Å²) in [5.41, 5.74) is 3.61. The fourth-order valence-electron chi connectivity index (χ4n) is 2.45. The van der Waals surface area contributed by atoms with Gasteiger partial charge in [-0.1, -0.05) is 48.4 Å². The molecule has 0 bridgehead atoms. The van der Waals surface area contributed by atoms with Gasteiger partial charge in [0.25, 0.3) is 0 Å².